The number of rotatable bonds is 5. The number of halogens is 5. The number of aromatic nitrogens is 1. The van der Waals surface area contributed by atoms with E-state index in [1.165, 1.54) is 6.07 Å². The van der Waals surface area contributed by atoms with Gasteiger partial charge < -0.3 is 14.6 Å². The van der Waals surface area contributed by atoms with Crippen molar-refractivity contribution in [3.63, 3.8) is 0 Å². The molecule has 2 aromatic rings. The lowest BCUT2D eigenvalue weighted by atomic mass is 9.80. The number of aromatic amines is 1. The molecule has 1 aromatic heterocycles. The Kier molecular flexibility index (Phi) is 6.81. The minimum Gasteiger partial charge on any atom is -0.459 e. The molecule has 2 aliphatic heterocycles. The molecule has 0 atom stereocenters. The number of carbonyl (C=O) groups is 1. The van der Waals surface area contributed by atoms with Crippen LogP contribution in [0.2, 0.25) is 0 Å². The van der Waals surface area contributed by atoms with Crippen LogP contribution in [0, 0.1) is 11.6 Å². The van der Waals surface area contributed by atoms with Crippen LogP contribution in [0.4, 0.5) is 27.8 Å². The Hall–Kier alpha value is -3.43. The number of benzene rings is 1. The van der Waals surface area contributed by atoms with Crippen LogP contribution >= 0.6 is 0 Å². The molecule has 0 amide bonds. The van der Waals surface area contributed by atoms with E-state index in [4.69, 9.17) is 4.74 Å². The zero-order valence-electron chi connectivity index (χ0n) is 21.2. The van der Waals surface area contributed by atoms with E-state index in [1.807, 2.05) is 26.8 Å². The molecule has 37 heavy (non-hydrogen) atoms. The maximum atomic E-state index is 14.2. The molecule has 0 fully saturated rings. The van der Waals surface area contributed by atoms with Gasteiger partial charge in [0.05, 0.1) is 17.4 Å². The minimum absolute atomic E-state index is 0.0760. The van der Waals surface area contributed by atoms with Crippen molar-refractivity contribution in [2.75, 3.05) is 6.54 Å². The van der Waals surface area contributed by atoms with Gasteiger partial charge in [-0.25, -0.2) is 18.6 Å². The Labute approximate surface area is 211 Å². The van der Waals surface area contributed by atoms with Gasteiger partial charge in [-0.1, -0.05) is 26.8 Å². The van der Waals surface area contributed by atoms with E-state index >= 15 is 0 Å². The van der Waals surface area contributed by atoms with E-state index < -0.39 is 47.4 Å². The Morgan fingerprint density at radius 3 is 2.54 bits per heavy atom. The maximum absolute atomic E-state index is 14.2. The topological polar surface area (TPSA) is 57.7 Å². The summed E-state index contributed by atoms with van der Waals surface area (Å²) >= 11 is 0. The molecule has 0 saturated carbocycles. The molecular weight excluding hydrogens is 493 g/mol. The molecule has 1 aromatic carbocycles. The van der Waals surface area contributed by atoms with Crippen LogP contribution in [0.5, 0.6) is 0 Å². The number of carbonyl (C=O) groups excluding carboxylic acids is 1. The van der Waals surface area contributed by atoms with Crippen molar-refractivity contribution in [3.8, 4) is 0 Å². The molecule has 198 valence electrons. The Bertz CT molecular complexity index is 1330. The van der Waals surface area contributed by atoms with Crippen molar-refractivity contribution in [2.24, 2.45) is 4.99 Å². The number of esters is 1. The van der Waals surface area contributed by atoms with Crippen LogP contribution in [0.25, 0.3) is 11.3 Å². The lowest BCUT2D eigenvalue weighted by Gasteiger charge is -2.33. The van der Waals surface area contributed by atoms with Gasteiger partial charge in [0.2, 0.25) is 0 Å². The van der Waals surface area contributed by atoms with Crippen molar-refractivity contribution < 1.29 is 31.5 Å². The highest BCUT2D eigenvalue weighted by atomic mass is 19.4. The first-order chi connectivity index (χ1) is 17.2. The number of H-pyrrole nitrogens is 1. The van der Waals surface area contributed by atoms with Gasteiger partial charge in [-0.3, -0.25) is 0 Å². The van der Waals surface area contributed by atoms with Gasteiger partial charge in [-0.2, -0.15) is 13.2 Å². The smallest absolute Gasteiger partial charge is 0.429 e. The standard InChI is InChI=1S/C27H28F5N3O2/c1-6-7-20(15-8-9-18(28)19(29)10-15)35-12-17(25(36)37-14(2)3)23-22(26(4,5)13-35)16-11-21(27(30,31)32)33-24(16)34-23/h7-10,12,14,34H,6,11,13H2,1-5H3/b20-7-. The summed E-state index contributed by atoms with van der Waals surface area (Å²) < 4.78 is 73.7. The first-order valence-corrected chi connectivity index (χ1v) is 12.0. The zero-order chi connectivity index (χ0) is 27.3. The number of hydrogen-bond donors (Lipinski definition) is 1. The molecule has 0 spiro atoms. The molecule has 0 radical (unpaired) electrons. The summed E-state index contributed by atoms with van der Waals surface area (Å²) in [6.07, 6.45) is -1.52. The third-order valence-electron chi connectivity index (χ3n) is 6.28. The highest BCUT2D eigenvalue weighted by Crippen LogP contribution is 2.46. The predicted molar refractivity (Wildman–Crippen MR) is 131 cm³/mol. The molecule has 0 unspecified atom stereocenters. The number of aliphatic imine (C=N–C) groups is 1. The van der Waals surface area contributed by atoms with E-state index in [1.54, 1.807) is 24.9 Å². The second-order valence-electron chi connectivity index (χ2n) is 10.1. The Balaban J connectivity index is 1.90. The van der Waals surface area contributed by atoms with Gasteiger partial charge in [0.25, 0.3) is 0 Å². The third-order valence-corrected chi connectivity index (χ3v) is 6.28. The first-order valence-electron chi connectivity index (χ1n) is 12.0. The van der Waals surface area contributed by atoms with E-state index in [9.17, 15) is 26.7 Å². The summed E-state index contributed by atoms with van der Waals surface area (Å²) in [5, 5.41) is 0. The van der Waals surface area contributed by atoms with E-state index in [-0.39, 0.29) is 17.9 Å². The van der Waals surface area contributed by atoms with E-state index in [0.717, 1.165) is 12.1 Å². The van der Waals surface area contributed by atoms with Gasteiger partial charge in [0, 0.05) is 41.4 Å². The van der Waals surface area contributed by atoms with Crippen LogP contribution in [0.15, 0.2) is 35.5 Å². The lowest BCUT2D eigenvalue weighted by Crippen LogP contribution is -2.33. The van der Waals surface area contributed by atoms with E-state index in [0.29, 0.717) is 34.5 Å². The number of hydrogen-bond acceptors (Lipinski definition) is 4. The highest BCUT2D eigenvalue weighted by molar-refractivity contribution is 6.17. The van der Waals surface area contributed by atoms with Gasteiger partial charge in [-0.05, 0) is 44.0 Å². The molecule has 2 aliphatic rings. The van der Waals surface area contributed by atoms with E-state index in [2.05, 4.69) is 9.98 Å². The number of ether oxygens (including phenoxy) is 1. The monoisotopic (exact) mass is 521 g/mol. The summed E-state index contributed by atoms with van der Waals surface area (Å²) in [5.74, 6) is -2.59. The number of nitrogens with one attached hydrogen (secondary N) is 1. The average molecular weight is 522 g/mol. The minimum atomic E-state index is -4.58. The molecule has 10 heteroatoms. The predicted octanol–water partition coefficient (Wildman–Crippen LogP) is 6.82. The third kappa shape index (κ3) is 5.06. The SMILES string of the molecule is CC/C=C(/c1ccc(F)c(F)c1)N1C=C(C(=O)OC(C)C)c2[nH]c3c(c2C(C)(C)C1)CC(C(F)(F)F)=N3. The van der Waals surface area contributed by atoms with Crippen molar-refractivity contribution >= 4 is 28.8 Å². The number of allylic oxidation sites excluding steroid dienone is 1. The molecule has 0 bridgehead atoms. The van der Waals surface area contributed by atoms with Crippen molar-refractivity contribution in [1.82, 2.24) is 9.88 Å². The molecule has 0 aliphatic carbocycles. The average Bonchev–Trinajstić information content (AvgIpc) is 3.31. The molecule has 0 saturated heterocycles. The fourth-order valence-corrected chi connectivity index (χ4v) is 4.86. The largest absolute Gasteiger partial charge is 0.459 e. The molecule has 3 heterocycles. The Morgan fingerprint density at radius 1 is 1.24 bits per heavy atom. The van der Waals surface area contributed by atoms with Crippen LogP contribution in [-0.4, -0.2) is 40.4 Å². The van der Waals surface area contributed by atoms with Gasteiger partial charge in [-0.15, -0.1) is 0 Å². The fourth-order valence-electron chi connectivity index (χ4n) is 4.86. The number of nitrogens with zero attached hydrogens (tertiary/aromatic N) is 2. The quantitative estimate of drug-likeness (QED) is 0.347. The number of fused-ring (bicyclic) bond motifs is 3. The normalized spacial score (nSPS) is 17.3. The molecule has 5 nitrogen and oxygen atoms in total. The van der Waals surface area contributed by atoms with Gasteiger partial charge >= 0.3 is 12.1 Å². The summed E-state index contributed by atoms with van der Waals surface area (Å²) in [5.41, 5.74) is 0.606. The lowest BCUT2D eigenvalue weighted by molar-refractivity contribution is -0.140. The van der Waals surface area contributed by atoms with Crippen molar-refractivity contribution in [3.05, 3.63) is 64.5 Å². The molecule has 1 N–H and O–H groups in total. The maximum Gasteiger partial charge on any atom is 0.429 e. The molecule has 4 rings (SSSR count). The van der Waals surface area contributed by atoms with Gasteiger partial charge in [0.1, 0.15) is 11.5 Å². The highest BCUT2D eigenvalue weighted by Gasteiger charge is 2.44. The van der Waals surface area contributed by atoms with Crippen LogP contribution in [-0.2, 0) is 21.4 Å². The van der Waals surface area contributed by atoms with Crippen LogP contribution in [0.3, 0.4) is 0 Å². The second-order valence-corrected chi connectivity index (χ2v) is 10.1. The summed E-state index contributed by atoms with van der Waals surface area (Å²) in [4.78, 5) is 21.7. The van der Waals surface area contributed by atoms with Crippen molar-refractivity contribution in [1.29, 1.82) is 0 Å². The molecular formula is C27H28F5N3O2. The fraction of sp³-hybridized carbons (Fsp3) is 0.407. The zero-order valence-corrected chi connectivity index (χ0v) is 21.2. The first kappa shape index (κ1) is 26.6. The van der Waals surface area contributed by atoms with Crippen LogP contribution in [0.1, 0.15) is 63.4 Å². The number of alkyl halides is 3. The Morgan fingerprint density at radius 2 is 1.95 bits per heavy atom. The van der Waals surface area contributed by atoms with Crippen molar-refractivity contribution in [2.45, 2.75) is 65.2 Å². The second kappa shape index (κ2) is 9.46. The summed E-state index contributed by atoms with van der Waals surface area (Å²) in [6.45, 7) is 9.21. The van der Waals surface area contributed by atoms with Crippen LogP contribution < -0.4 is 0 Å². The van der Waals surface area contributed by atoms with Gasteiger partial charge in [0.15, 0.2) is 11.6 Å². The summed E-state index contributed by atoms with van der Waals surface area (Å²) in [6, 6.07) is 3.55. The summed E-state index contributed by atoms with van der Waals surface area (Å²) in [7, 11) is 0.